The molecule has 7 heteroatoms. The van der Waals surface area contributed by atoms with Gasteiger partial charge >= 0.3 is 0 Å². The normalized spacial score (nSPS) is 11.4. The third-order valence-corrected chi connectivity index (χ3v) is 5.44. The molecule has 0 saturated carbocycles. The maximum absolute atomic E-state index is 13.6. The predicted molar refractivity (Wildman–Crippen MR) is 122 cm³/mol. The van der Waals surface area contributed by atoms with Crippen LogP contribution >= 0.6 is 0 Å². The first-order valence-corrected chi connectivity index (χ1v) is 10.1. The summed E-state index contributed by atoms with van der Waals surface area (Å²) in [5.41, 5.74) is 3.37. The molecule has 5 aromatic rings. The molecule has 1 amide bonds. The lowest BCUT2D eigenvalue weighted by Crippen LogP contribution is -2.31. The molecule has 0 aliphatic carbocycles. The van der Waals surface area contributed by atoms with Gasteiger partial charge in [0.05, 0.1) is 5.52 Å². The van der Waals surface area contributed by atoms with E-state index in [-0.39, 0.29) is 23.1 Å². The number of likely N-dealkylation sites (N-methyl/N-ethyl adjacent to an activating group) is 1. The molecule has 31 heavy (non-hydrogen) atoms. The van der Waals surface area contributed by atoms with Crippen molar-refractivity contribution in [2.75, 3.05) is 20.1 Å². The Morgan fingerprint density at radius 3 is 2.48 bits per heavy atom. The summed E-state index contributed by atoms with van der Waals surface area (Å²) in [6, 6.07) is 17.1. The van der Waals surface area contributed by atoms with Gasteiger partial charge in [-0.3, -0.25) is 9.59 Å². The molecule has 3 heterocycles. The fourth-order valence-corrected chi connectivity index (χ4v) is 3.90. The summed E-state index contributed by atoms with van der Waals surface area (Å²) >= 11 is 0. The Morgan fingerprint density at radius 1 is 0.935 bits per heavy atom. The monoisotopic (exact) mass is 411 g/mol. The van der Waals surface area contributed by atoms with E-state index in [1.54, 1.807) is 12.3 Å². The van der Waals surface area contributed by atoms with Crippen molar-refractivity contribution in [3.05, 3.63) is 77.7 Å². The highest BCUT2D eigenvalue weighted by Crippen LogP contribution is 2.30. The van der Waals surface area contributed by atoms with Gasteiger partial charge in [0.2, 0.25) is 5.78 Å². The molecule has 2 aromatic carbocycles. The number of amides is 1. The van der Waals surface area contributed by atoms with Crippen molar-refractivity contribution in [1.29, 1.82) is 0 Å². The summed E-state index contributed by atoms with van der Waals surface area (Å²) in [6.45, 7) is 1.11. The Labute approximate surface area is 177 Å². The number of benzene rings is 2. The molecular weight excluding hydrogens is 390 g/mol. The number of nitrogens with zero attached hydrogens (tertiary/aromatic N) is 1. The number of para-hydroxylation sites is 2. The van der Waals surface area contributed by atoms with Crippen LogP contribution in [0.3, 0.4) is 0 Å². The fourth-order valence-electron chi connectivity index (χ4n) is 3.90. The number of pyridine rings is 1. The lowest BCUT2D eigenvalue weighted by atomic mass is 10.0. The van der Waals surface area contributed by atoms with E-state index in [4.69, 9.17) is 0 Å². The van der Waals surface area contributed by atoms with Crippen LogP contribution in [0, 0.1) is 0 Å². The minimum Gasteiger partial charge on any atom is -0.360 e. The minimum atomic E-state index is -0.310. The van der Waals surface area contributed by atoms with E-state index < -0.39 is 0 Å². The molecule has 0 bridgehead atoms. The first kappa shape index (κ1) is 19.0. The maximum Gasteiger partial charge on any atom is 0.269 e. The van der Waals surface area contributed by atoms with Crippen molar-refractivity contribution >= 4 is 44.4 Å². The van der Waals surface area contributed by atoms with Crippen LogP contribution in [0.4, 0.5) is 0 Å². The molecule has 0 radical (unpaired) electrons. The summed E-state index contributed by atoms with van der Waals surface area (Å²) < 4.78 is 0. The van der Waals surface area contributed by atoms with E-state index in [0.29, 0.717) is 24.2 Å². The Balaban J connectivity index is 1.70. The SMILES string of the molecule is CNCCNC(=O)c1cc2c([nH]c3ccccc32)c(C(=O)c2c[nH]c3ccccc23)n1. The number of nitrogens with one attached hydrogen (secondary N) is 4. The fraction of sp³-hybridized carbons (Fsp3) is 0.125. The highest BCUT2D eigenvalue weighted by Gasteiger charge is 2.23. The number of hydrogen-bond acceptors (Lipinski definition) is 4. The highest BCUT2D eigenvalue weighted by atomic mass is 16.2. The minimum absolute atomic E-state index is 0.219. The molecule has 0 aliphatic rings. The van der Waals surface area contributed by atoms with Crippen LogP contribution in [0.15, 0.2) is 60.8 Å². The molecule has 0 atom stereocenters. The Hall–Kier alpha value is -3.97. The number of carbonyl (C=O) groups is 2. The Bertz CT molecular complexity index is 1450. The van der Waals surface area contributed by atoms with Crippen LogP contribution in [0.2, 0.25) is 0 Å². The molecule has 0 aliphatic heterocycles. The second-order valence-corrected chi connectivity index (χ2v) is 7.39. The van der Waals surface area contributed by atoms with Gasteiger partial charge in [-0.2, -0.15) is 0 Å². The van der Waals surface area contributed by atoms with E-state index in [9.17, 15) is 9.59 Å². The number of aromatic amines is 2. The van der Waals surface area contributed by atoms with Crippen LogP contribution in [0.5, 0.6) is 0 Å². The van der Waals surface area contributed by atoms with E-state index in [1.165, 1.54) is 0 Å². The molecule has 5 rings (SSSR count). The largest absolute Gasteiger partial charge is 0.360 e. The third-order valence-electron chi connectivity index (χ3n) is 5.44. The maximum atomic E-state index is 13.6. The van der Waals surface area contributed by atoms with Gasteiger partial charge < -0.3 is 20.6 Å². The summed E-state index contributed by atoms with van der Waals surface area (Å²) in [5, 5.41) is 8.40. The van der Waals surface area contributed by atoms with Crippen molar-refractivity contribution in [2.24, 2.45) is 0 Å². The van der Waals surface area contributed by atoms with Crippen LogP contribution in [-0.2, 0) is 0 Å². The van der Waals surface area contributed by atoms with E-state index in [1.807, 2.05) is 55.6 Å². The molecule has 154 valence electrons. The standard InChI is InChI=1S/C24H21N5O2/c1-25-10-11-26-24(31)20-12-16-14-6-3-5-9-19(14)28-21(16)22(29-20)23(30)17-13-27-18-8-4-2-7-15(17)18/h2-9,12-13,25,27-28H,10-11H2,1H3,(H,26,31). The van der Waals surface area contributed by atoms with E-state index >= 15 is 0 Å². The van der Waals surface area contributed by atoms with Crippen molar-refractivity contribution in [3.63, 3.8) is 0 Å². The number of fused-ring (bicyclic) bond motifs is 4. The average molecular weight is 411 g/mol. The zero-order valence-corrected chi connectivity index (χ0v) is 17.0. The lowest BCUT2D eigenvalue weighted by molar-refractivity contribution is 0.0949. The number of carbonyl (C=O) groups excluding carboxylic acids is 2. The molecule has 0 spiro atoms. The zero-order chi connectivity index (χ0) is 21.4. The van der Waals surface area contributed by atoms with Gasteiger partial charge in [0.15, 0.2) is 0 Å². The van der Waals surface area contributed by atoms with Crippen molar-refractivity contribution in [1.82, 2.24) is 25.6 Å². The first-order chi connectivity index (χ1) is 15.2. The van der Waals surface area contributed by atoms with Crippen molar-refractivity contribution in [3.8, 4) is 0 Å². The Kier molecular flexibility index (Phi) is 4.72. The summed E-state index contributed by atoms with van der Waals surface area (Å²) in [6.07, 6.45) is 1.70. The van der Waals surface area contributed by atoms with Gasteiger partial charge in [0, 0.05) is 52.0 Å². The van der Waals surface area contributed by atoms with Crippen LogP contribution < -0.4 is 10.6 Å². The number of aromatic nitrogens is 3. The van der Waals surface area contributed by atoms with Crippen molar-refractivity contribution < 1.29 is 9.59 Å². The summed E-state index contributed by atoms with van der Waals surface area (Å²) in [7, 11) is 1.82. The van der Waals surface area contributed by atoms with Gasteiger partial charge in [0.1, 0.15) is 11.4 Å². The predicted octanol–water partition coefficient (Wildman–Crippen LogP) is 3.38. The van der Waals surface area contributed by atoms with E-state index in [2.05, 4.69) is 25.6 Å². The lowest BCUT2D eigenvalue weighted by Gasteiger charge is -2.08. The van der Waals surface area contributed by atoms with Crippen LogP contribution in [-0.4, -0.2) is 46.8 Å². The van der Waals surface area contributed by atoms with Gasteiger partial charge in [-0.15, -0.1) is 0 Å². The van der Waals surface area contributed by atoms with Gasteiger partial charge in [0.25, 0.3) is 5.91 Å². The van der Waals surface area contributed by atoms with Gasteiger partial charge in [-0.05, 0) is 25.2 Å². The molecule has 0 saturated heterocycles. The molecule has 4 N–H and O–H groups in total. The Morgan fingerprint density at radius 2 is 1.68 bits per heavy atom. The molecule has 7 nitrogen and oxygen atoms in total. The summed E-state index contributed by atoms with van der Waals surface area (Å²) in [4.78, 5) is 37.3. The molecular formula is C24H21N5O2. The van der Waals surface area contributed by atoms with Crippen LogP contribution in [0.25, 0.3) is 32.7 Å². The highest BCUT2D eigenvalue weighted by molar-refractivity contribution is 6.23. The van der Waals surface area contributed by atoms with Gasteiger partial charge in [-0.25, -0.2) is 4.98 Å². The first-order valence-electron chi connectivity index (χ1n) is 10.1. The average Bonchev–Trinajstić information content (AvgIpc) is 3.39. The zero-order valence-electron chi connectivity index (χ0n) is 17.0. The molecule has 3 aromatic heterocycles. The quantitative estimate of drug-likeness (QED) is 0.254. The number of H-pyrrole nitrogens is 2. The third kappa shape index (κ3) is 3.25. The topological polar surface area (TPSA) is 103 Å². The second kappa shape index (κ2) is 7.70. The van der Waals surface area contributed by atoms with E-state index in [0.717, 1.165) is 27.2 Å². The van der Waals surface area contributed by atoms with Gasteiger partial charge in [-0.1, -0.05) is 36.4 Å². The summed E-state index contributed by atoms with van der Waals surface area (Å²) in [5.74, 6) is -0.547. The number of hydrogen-bond donors (Lipinski definition) is 4. The molecule has 0 unspecified atom stereocenters. The van der Waals surface area contributed by atoms with Crippen molar-refractivity contribution in [2.45, 2.75) is 0 Å². The van der Waals surface area contributed by atoms with Crippen LogP contribution in [0.1, 0.15) is 26.5 Å². The second-order valence-electron chi connectivity index (χ2n) is 7.39. The number of rotatable bonds is 6. The smallest absolute Gasteiger partial charge is 0.269 e. The number of ketones is 1. The molecule has 0 fully saturated rings.